The Hall–Kier alpha value is -1.84. The fourth-order valence-electron chi connectivity index (χ4n) is 2.14. The molecule has 0 fully saturated rings. The summed E-state index contributed by atoms with van der Waals surface area (Å²) in [6.45, 7) is 5.28. The molecular formula is C16H27N3O5S. The molecule has 0 bridgehead atoms. The second-order valence-corrected chi connectivity index (χ2v) is 7.19. The Morgan fingerprint density at radius 3 is 2.48 bits per heavy atom. The number of amides is 1. The van der Waals surface area contributed by atoms with Gasteiger partial charge in [-0.2, -0.15) is 0 Å². The maximum Gasteiger partial charge on any atom is 0.240 e. The predicted molar refractivity (Wildman–Crippen MR) is 95.5 cm³/mol. The van der Waals surface area contributed by atoms with Gasteiger partial charge in [0.2, 0.25) is 15.9 Å². The first-order chi connectivity index (χ1) is 11.8. The van der Waals surface area contributed by atoms with Crippen molar-refractivity contribution in [3.05, 3.63) is 18.2 Å². The van der Waals surface area contributed by atoms with Crippen molar-refractivity contribution in [2.24, 2.45) is 0 Å². The lowest BCUT2D eigenvalue weighted by Crippen LogP contribution is -2.39. The van der Waals surface area contributed by atoms with Gasteiger partial charge in [0.05, 0.1) is 19.1 Å². The van der Waals surface area contributed by atoms with E-state index in [1.165, 1.54) is 32.4 Å². The summed E-state index contributed by atoms with van der Waals surface area (Å²) >= 11 is 0. The van der Waals surface area contributed by atoms with Crippen LogP contribution in [0.4, 0.5) is 0 Å². The zero-order valence-corrected chi connectivity index (χ0v) is 15.9. The zero-order chi connectivity index (χ0) is 18.9. The first-order valence-corrected chi connectivity index (χ1v) is 9.54. The first-order valence-electron chi connectivity index (χ1n) is 8.05. The van der Waals surface area contributed by atoms with Crippen LogP contribution in [0.2, 0.25) is 0 Å². The molecule has 142 valence electrons. The van der Waals surface area contributed by atoms with Crippen molar-refractivity contribution in [1.82, 2.24) is 15.4 Å². The molecule has 1 aromatic rings. The highest BCUT2D eigenvalue weighted by Crippen LogP contribution is 2.29. The van der Waals surface area contributed by atoms with E-state index in [4.69, 9.17) is 9.47 Å². The molecule has 1 amide bonds. The minimum Gasteiger partial charge on any atom is -0.493 e. The van der Waals surface area contributed by atoms with Crippen LogP contribution in [-0.2, 0) is 14.8 Å². The van der Waals surface area contributed by atoms with Crippen LogP contribution in [0, 0.1) is 0 Å². The number of rotatable bonds is 11. The number of hydrogen-bond donors (Lipinski definition) is 3. The maximum absolute atomic E-state index is 12.3. The van der Waals surface area contributed by atoms with Gasteiger partial charge in [0.25, 0.3) is 0 Å². The van der Waals surface area contributed by atoms with E-state index in [9.17, 15) is 13.2 Å². The molecule has 0 saturated carbocycles. The topological polar surface area (TPSA) is 106 Å². The zero-order valence-electron chi connectivity index (χ0n) is 15.1. The van der Waals surface area contributed by atoms with Crippen molar-refractivity contribution in [2.45, 2.75) is 31.2 Å². The normalized spacial score (nSPS) is 12.5. The number of likely N-dealkylation sites (N-methyl/N-ethyl adjacent to an activating group) is 1. The highest BCUT2D eigenvalue weighted by Gasteiger charge is 2.17. The fourth-order valence-corrected chi connectivity index (χ4v) is 3.19. The van der Waals surface area contributed by atoms with Crippen LogP contribution in [-0.4, -0.2) is 54.2 Å². The van der Waals surface area contributed by atoms with E-state index >= 15 is 0 Å². The summed E-state index contributed by atoms with van der Waals surface area (Å²) < 4.78 is 37.2. The number of nitrogens with one attached hydrogen (secondary N) is 3. The lowest BCUT2D eigenvalue weighted by molar-refractivity contribution is -0.121. The van der Waals surface area contributed by atoms with E-state index in [-0.39, 0.29) is 29.8 Å². The molecular weight excluding hydrogens is 346 g/mol. The van der Waals surface area contributed by atoms with E-state index in [1.807, 2.05) is 13.8 Å². The molecule has 0 aromatic heterocycles. The Bertz CT molecular complexity index is 664. The molecule has 8 nitrogen and oxygen atoms in total. The van der Waals surface area contributed by atoms with E-state index in [0.717, 1.165) is 6.54 Å². The number of benzene rings is 1. The molecule has 0 aliphatic rings. The van der Waals surface area contributed by atoms with Crippen LogP contribution in [0.1, 0.15) is 20.3 Å². The van der Waals surface area contributed by atoms with E-state index in [1.54, 1.807) is 0 Å². The summed E-state index contributed by atoms with van der Waals surface area (Å²) in [5.74, 6) is 0.552. The fraction of sp³-hybridized carbons (Fsp3) is 0.562. The van der Waals surface area contributed by atoms with Crippen LogP contribution in [0.25, 0.3) is 0 Å². The van der Waals surface area contributed by atoms with Crippen LogP contribution < -0.4 is 24.8 Å². The largest absolute Gasteiger partial charge is 0.493 e. The van der Waals surface area contributed by atoms with Crippen LogP contribution in [0.3, 0.4) is 0 Å². The lowest BCUT2D eigenvalue weighted by Gasteiger charge is -2.13. The van der Waals surface area contributed by atoms with E-state index in [2.05, 4.69) is 15.4 Å². The van der Waals surface area contributed by atoms with Gasteiger partial charge in [0.1, 0.15) is 0 Å². The first kappa shape index (κ1) is 21.2. The SMILES string of the molecule is CCN[C@H](C)CNC(=O)CCNS(=O)(=O)c1ccc(OC)c(OC)c1. The summed E-state index contributed by atoms with van der Waals surface area (Å²) in [5.41, 5.74) is 0. The summed E-state index contributed by atoms with van der Waals surface area (Å²) in [6, 6.07) is 4.47. The standard InChI is InChI=1S/C16H27N3O5S/c1-5-17-12(2)11-18-16(20)8-9-19-25(21,22)13-6-7-14(23-3)15(10-13)24-4/h6-7,10,12,17,19H,5,8-9,11H2,1-4H3,(H,18,20)/t12-/m1/s1. The summed E-state index contributed by atoms with van der Waals surface area (Å²) in [6.07, 6.45) is 0.0609. The maximum atomic E-state index is 12.3. The van der Waals surface area contributed by atoms with Gasteiger partial charge in [-0.1, -0.05) is 6.92 Å². The van der Waals surface area contributed by atoms with Gasteiger partial charge in [-0.05, 0) is 25.6 Å². The molecule has 25 heavy (non-hydrogen) atoms. The third kappa shape index (κ3) is 6.89. The number of methoxy groups -OCH3 is 2. The predicted octanol–water partition coefficient (Wildman–Crippen LogP) is 0.486. The Labute approximate surface area is 149 Å². The van der Waals surface area contributed by atoms with Crippen LogP contribution in [0.5, 0.6) is 11.5 Å². The van der Waals surface area contributed by atoms with Gasteiger partial charge in [-0.15, -0.1) is 0 Å². The molecule has 0 saturated heterocycles. The molecule has 0 radical (unpaired) electrons. The number of carbonyl (C=O) groups excluding carboxylic acids is 1. The summed E-state index contributed by atoms with van der Waals surface area (Å²) in [5, 5.41) is 5.93. The van der Waals surface area contributed by atoms with Crippen molar-refractivity contribution in [3.8, 4) is 11.5 Å². The van der Waals surface area contributed by atoms with Gasteiger partial charge in [-0.3, -0.25) is 4.79 Å². The van der Waals surface area contributed by atoms with Gasteiger partial charge < -0.3 is 20.1 Å². The second-order valence-electron chi connectivity index (χ2n) is 5.43. The number of ether oxygens (including phenoxy) is 2. The number of carbonyl (C=O) groups is 1. The lowest BCUT2D eigenvalue weighted by atomic mass is 10.3. The van der Waals surface area contributed by atoms with Crippen molar-refractivity contribution in [1.29, 1.82) is 0 Å². The summed E-state index contributed by atoms with van der Waals surface area (Å²) in [4.78, 5) is 11.8. The quantitative estimate of drug-likeness (QED) is 0.521. The Morgan fingerprint density at radius 2 is 1.88 bits per heavy atom. The molecule has 1 rings (SSSR count). The van der Waals surface area contributed by atoms with Crippen LogP contribution in [0.15, 0.2) is 23.1 Å². The molecule has 0 heterocycles. The smallest absolute Gasteiger partial charge is 0.240 e. The van der Waals surface area contributed by atoms with Crippen molar-refractivity contribution < 1.29 is 22.7 Å². The van der Waals surface area contributed by atoms with Gasteiger partial charge in [0, 0.05) is 31.6 Å². The molecule has 0 aliphatic heterocycles. The molecule has 3 N–H and O–H groups in total. The Balaban J connectivity index is 2.54. The highest BCUT2D eigenvalue weighted by atomic mass is 32.2. The van der Waals surface area contributed by atoms with Gasteiger partial charge in [-0.25, -0.2) is 13.1 Å². The number of sulfonamides is 1. The molecule has 0 unspecified atom stereocenters. The number of hydrogen-bond acceptors (Lipinski definition) is 6. The van der Waals surface area contributed by atoms with Gasteiger partial charge in [0.15, 0.2) is 11.5 Å². The van der Waals surface area contributed by atoms with Crippen molar-refractivity contribution in [2.75, 3.05) is 33.9 Å². The van der Waals surface area contributed by atoms with Crippen LogP contribution >= 0.6 is 0 Å². The average Bonchev–Trinajstić information content (AvgIpc) is 2.59. The molecule has 0 spiro atoms. The van der Waals surface area contributed by atoms with Crippen molar-refractivity contribution >= 4 is 15.9 Å². The molecule has 9 heteroatoms. The molecule has 1 aromatic carbocycles. The average molecular weight is 373 g/mol. The summed E-state index contributed by atoms with van der Waals surface area (Å²) in [7, 11) is -0.828. The highest BCUT2D eigenvalue weighted by molar-refractivity contribution is 7.89. The minimum absolute atomic E-state index is 0.0120. The van der Waals surface area contributed by atoms with Gasteiger partial charge >= 0.3 is 0 Å². The third-order valence-electron chi connectivity index (χ3n) is 3.47. The third-order valence-corrected chi connectivity index (χ3v) is 4.93. The Morgan fingerprint density at radius 1 is 1.20 bits per heavy atom. The molecule has 0 aliphatic carbocycles. The monoisotopic (exact) mass is 373 g/mol. The van der Waals surface area contributed by atoms with E-state index in [0.29, 0.717) is 18.0 Å². The second kappa shape index (κ2) is 10.2. The minimum atomic E-state index is -3.73. The Kier molecular flexibility index (Phi) is 8.67. The molecule has 1 atom stereocenters. The van der Waals surface area contributed by atoms with Crippen molar-refractivity contribution in [3.63, 3.8) is 0 Å². The van der Waals surface area contributed by atoms with E-state index < -0.39 is 10.0 Å².